The van der Waals surface area contributed by atoms with Crippen molar-refractivity contribution < 1.29 is 0 Å². The molecule has 2 heterocycles. The van der Waals surface area contributed by atoms with Crippen molar-refractivity contribution in [1.82, 2.24) is 9.97 Å². The van der Waals surface area contributed by atoms with Crippen molar-refractivity contribution in [2.24, 2.45) is 0 Å². The summed E-state index contributed by atoms with van der Waals surface area (Å²) >= 11 is 1.85. The van der Waals surface area contributed by atoms with E-state index in [1.54, 1.807) is 0 Å². The number of thiophene rings is 1. The van der Waals surface area contributed by atoms with E-state index in [1.807, 2.05) is 17.4 Å². The molecule has 62 heavy (non-hydrogen) atoms. The average Bonchev–Trinajstić information content (AvgIpc) is 3.82. The van der Waals surface area contributed by atoms with E-state index < -0.39 is 0 Å². The smallest absolute Gasteiger partial charge is 0.160 e. The first-order valence-electron chi connectivity index (χ1n) is 21.3. The highest BCUT2D eigenvalue weighted by Gasteiger charge is 2.35. The molecule has 292 valence electrons. The topological polar surface area (TPSA) is 25.8 Å². The van der Waals surface area contributed by atoms with Crippen LogP contribution in [0, 0.1) is 0 Å². The minimum Gasteiger partial charge on any atom is -0.228 e. The van der Waals surface area contributed by atoms with Crippen LogP contribution in [-0.2, 0) is 5.41 Å². The first-order chi connectivity index (χ1) is 30.5. The Labute approximate surface area is 365 Å². The second-order valence-electron chi connectivity index (χ2n) is 16.9. The van der Waals surface area contributed by atoms with E-state index in [0.29, 0.717) is 5.82 Å². The number of hydrogen-bond donors (Lipinski definition) is 0. The van der Waals surface area contributed by atoms with Crippen molar-refractivity contribution in [3.63, 3.8) is 0 Å². The fourth-order valence-corrected chi connectivity index (χ4v) is 10.8. The Balaban J connectivity index is 1.07. The molecule has 2 aromatic heterocycles. The van der Waals surface area contributed by atoms with Crippen LogP contribution in [0.4, 0.5) is 0 Å². The van der Waals surface area contributed by atoms with Gasteiger partial charge >= 0.3 is 0 Å². The Morgan fingerprint density at radius 2 is 0.968 bits per heavy atom. The first kappa shape index (κ1) is 36.4. The van der Waals surface area contributed by atoms with Crippen LogP contribution in [0.5, 0.6) is 0 Å². The van der Waals surface area contributed by atoms with Crippen molar-refractivity contribution in [3.05, 3.63) is 217 Å². The Morgan fingerprint density at radius 3 is 1.85 bits per heavy atom. The molecule has 0 unspecified atom stereocenters. The first-order valence-corrected chi connectivity index (χ1v) is 22.1. The lowest BCUT2D eigenvalue weighted by Crippen LogP contribution is -2.14. The van der Waals surface area contributed by atoms with Gasteiger partial charge in [0.05, 0.1) is 11.4 Å². The van der Waals surface area contributed by atoms with Gasteiger partial charge < -0.3 is 0 Å². The van der Waals surface area contributed by atoms with E-state index >= 15 is 0 Å². The van der Waals surface area contributed by atoms with Crippen molar-refractivity contribution >= 4 is 42.3 Å². The van der Waals surface area contributed by atoms with Crippen LogP contribution >= 0.6 is 11.3 Å². The van der Waals surface area contributed by atoms with Crippen molar-refractivity contribution in [2.45, 2.75) is 19.3 Å². The molecule has 0 atom stereocenters. The quantitative estimate of drug-likeness (QED) is 0.167. The molecule has 12 rings (SSSR count). The van der Waals surface area contributed by atoms with Gasteiger partial charge in [-0.1, -0.05) is 172 Å². The van der Waals surface area contributed by atoms with Gasteiger partial charge in [-0.15, -0.1) is 11.3 Å². The van der Waals surface area contributed by atoms with Crippen LogP contribution in [-0.4, -0.2) is 9.97 Å². The number of fused-ring (bicyclic) bond motifs is 7. The molecule has 0 radical (unpaired) electrons. The van der Waals surface area contributed by atoms with E-state index in [9.17, 15) is 0 Å². The zero-order valence-electron chi connectivity index (χ0n) is 34.4. The zero-order chi connectivity index (χ0) is 41.4. The second-order valence-corrected chi connectivity index (χ2v) is 18.0. The number of nitrogens with zero attached hydrogens (tertiary/aromatic N) is 2. The summed E-state index contributed by atoms with van der Waals surface area (Å²) in [5, 5.41) is 5.02. The molecule has 1 aliphatic carbocycles. The Morgan fingerprint density at radius 1 is 0.339 bits per heavy atom. The highest BCUT2D eigenvalue weighted by Crippen LogP contribution is 2.50. The minimum atomic E-state index is -0.104. The maximum atomic E-state index is 5.40. The summed E-state index contributed by atoms with van der Waals surface area (Å²) in [6.07, 6.45) is 0. The Bertz CT molecular complexity index is 3550. The number of aromatic nitrogens is 2. The van der Waals surface area contributed by atoms with Crippen LogP contribution < -0.4 is 0 Å². The summed E-state index contributed by atoms with van der Waals surface area (Å²) in [5.41, 5.74) is 17.1. The van der Waals surface area contributed by atoms with Crippen LogP contribution in [0.15, 0.2) is 206 Å². The number of rotatable bonds is 6. The summed E-state index contributed by atoms with van der Waals surface area (Å²) in [6, 6.07) is 75.0. The van der Waals surface area contributed by atoms with Crippen LogP contribution in [0.1, 0.15) is 25.0 Å². The van der Waals surface area contributed by atoms with E-state index in [2.05, 4.69) is 214 Å². The van der Waals surface area contributed by atoms with Gasteiger partial charge in [0.25, 0.3) is 0 Å². The lowest BCUT2D eigenvalue weighted by Gasteiger charge is -2.22. The fourth-order valence-electron chi connectivity index (χ4n) is 9.76. The molecule has 0 fully saturated rings. The van der Waals surface area contributed by atoms with Gasteiger partial charge in [-0.3, -0.25) is 0 Å². The molecule has 9 aromatic carbocycles. The minimum absolute atomic E-state index is 0.104. The SMILES string of the molecule is CC1(C)c2ccccc2-c2ccc(-c3ccccc3-c3cc(-c4cc(-c5ccc6sc7ccccc7c6c5)cc(-c5cccc6ccccc56)c4)nc(-c4ccccc4)n3)cc21. The van der Waals surface area contributed by atoms with Gasteiger partial charge in [-0.05, 0) is 115 Å². The van der Waals surface area contributed by atoms with Crippen LogP contribution in [0.3, 0.4) is 0 Å². The molecule has 2 nitrogen and oxygen atoms in total. The molecule has 1 aliphatic rings. The fraction of sp³-hybridized carbons (Fsp3) is 0.0508. The van der Waals surface area contributed by atoms with Crippen LogP contribution in [0.2, 0.25) is 0 Å². The Hall–Kier alpha value is -7.46. The van der Waals surface area contributed by atoms with E-state index in [4.69, 9.17) is 9.97 Å². The van der Waals surface area contributed by atoms with Gasteiger partial charge in [0.2, 0.25) is 0 Å². The summed E-state index contributed by atoms with van der Waals surface area (Å²) in [6.45, 7) is 4.69. The molecule has 0 saturated heterocycles. The third kappa shape index (κ3) is 6.00. The normalized spacial score (nSPS) is 12.8. The van der Waals surface area contributed by atoms with Crippen molar-refractivity contribution in [3.8, 4) is 78.4 Å². The Kier molecular flexibility index (Phi) is 8.41. The lowest BCUT2D eigenvalue weighted by molar-refractivity contribution is 0.660. The summed E-state index contributed by atoms with van der Waals surface area (Å²) in [5.74, 6) is 0.696. The lowest BCUT2D eigenvalue weighted by atomic mass is 9.81. The number of benzene rings is 9. The van der Waals surface area contributed by atoms with Gasteiger partial charge in [-0.2, -0.15) is 0 Å². The molecular weight excluding hydrogens is 769 g/mol. The largest absolute Gasteiger partial charge is 0.228 e. The predicted octanol–water partition coefficient (Wildman–Crippen LogP) is 16.3. The van der Waals surface area contributed by atoms with Gasteiger partial charge in [0, 0.05) is 42.3 Å². The molecule has 0 N–H and O–H groups in total. The maximum Gasteiger partial charge on any atom is 0.160 e. The molecular formula is C59H40N2S. The molecule has 11 aromatic rings. The molecule has 0 amide bonds. The van der Waals surface area contributed by atoms with E-state index in [-0.39, 0.29) is 5.41 Å². The molecule has 0 bridgehead atoms. The molecule has 3 heteroatoms. The van der Waals surface area contributed by atoms with Gasteiger partial charge in [-0.25, -0.2) is 9.97 Å². The third-order valence-corrected chi connectivity index (χ3v) is 14.0. The van der Waals surface area contributed by atoms with E-state index in [1.165, 1.54) is 69.9 Å². The highest BCUT2D eigenvalue weighted by atomic mass is 32.1. The zero-order valence-corrected chi connectivity index (χ0v) is 35.2. The highest BCUT2D eigenvalue weighted by molar-refractivity contribution is 7.25. The molecule has 0 saturated carbocycles. The van der Waals surface area contributed by atoms with E-state index in [0.717, 1.165) is 44.8 Å². The number of hydrogen-bond acceptors (Lipinski definition) is 3. The van der Waals surface area contributed by atoms with Gasteiger partial charge in [0.1, 0.15) is 0 Å². The van der Waals surface area contributed by atoms with Gasteiger partial charge in [0.15, 0.2) is 5.82 Å². The molecule has 0 aliphatic heterocycles. The summed E-state index contributed by atoms with van der Waals surface area (Å²) in [7, 11) is 0. The average molecular weight is 809 g/mol. The monoisotopic (exact) mass is 808 g/mol. The van der Waals surface area contributed by atoms with Crippen molar-refractivity contribution in [1.29, 1.82) is 0 Å². The maximum absolute atomic E-state index is 5.40. The summed E-state index contributed by atoms with van der Waals surface area (Å²) in [4.78, 5) is 10.8. The second kappa shape index (κ2) is 14.3. The third-order valence-electron chi connectivity index (χ3n) is 12.9. The van der Waals surface area contributed by atoms with Crippen LogP contribution in [0.25, 0.3) is 109 Å². The standard InChI is InChI=1S/C59H40N2S/c1-59(2)52-25-12-10-21-47(52)48-29-27-40(35-53(48)59)45-20-8-9-22-49(45)55-36-54(60-58(61-55)38-16-4-3-5-17-38)43-32-41(31-42(33-43)46-24-14-18-37-15-6-7-19-44(37)46)39-28-30-57-51(34-39)50-23-11-13-26-56(50)62-57/h3-36H,1-2H3. The van der Waals surface area contributed by atoms with Crippen molar-refractivity contribution in [2.75, 3.05) is 0 Å². The molecule has 0 spiro atoms. The predicted molar refractivity (Wildman–Crippen MR) is 263 cm³/mol. The summed E-state index contributed by atoms with van der Waals surface area (Å²) < 4.78 is 2.60.